The van der Waals surface area contributed by atoms with Crippen LogP contribution in [0.1, 0.15) is 12.8 Å². The summed E-state index contributed by atoms with van der Waals surface area (Å²) in [5, 5.41) is 0. The van der Waals surface area contributed by atoms with E-state index in [0.717, 1.165) is 44.0 Å². The van der Waals surface area contributed by atoms with Gasteiger partial charge in [0.25, 0.3) is 0 Å². The van der Waals surface area contributed by atoms with Crippen LogP contribution < -0.4 is 9.47 Å². The maximum atomic E-state index is 12.8. The topological polar surface area (TPSA) is 65.6 Å². The second kappa shape index (κ2) is 8.49. The van der Waals surface area contributed by atoms with Gasteiger partial charge in [-0.1, -0.05) is 12.1 Å². The van der Waals surface area contributed by atoms with Crippen LogP contribution in [0.2, 0.25) is 0 Å². The summed E-state index contributed by atoms with van der Waals surface area (Å²) < 4.78 is 11.9. The Hall–Kier alpha value is -2.48. The number of urea groups is 1. The Balaban J connectivity index is 1.31. The van der Waals surface area contributed by atoms with E-state index in [1.807, 2.05) is 29.2 Å². The monoisotopic (exact) mass is 402 g/mol. The van der Waals surface area contributed by atoms with Crippen LogP contribution >= 0.6 is 0 Å². The molecule has 3 heterocycles. The molecule has 0 N–H and O–H groups in total. The second-order valence-electron chi connectivity index (χ2n) is 8.24. The van der Waals surface area contributed by atoms with Crippen LogP contribution in [0, 0.1) is 0 Å². The van der Waals surface area contributed by atoms with E-state index in [-0.39, 0.29) is 30.6 Å². The summed E-state index contributed by atoms with van der Waals surface area (Å²) in [7, 11) is 3.43. The molecule has 3 aliphatic rings. The predicted octanol–water partition coefficient (Wildman–Crippen LogP) is 1.12. The maximum absolute atomic E-state index is 12.8. The smallest absolute Gasteiger partial charge is 0.320 e. The van der Waals surface area contributed by atoms with Crippen LogP contribution in [0.4, 0.5) is 4.79 Å². The fourth-order valence-electron chi connectivity index (χ4n) is 4.28. The van der Waals surface area contributed by atoms with E-state index >= 15 is 0 Å². The molecule has 3 amide bonds. The zero-order chi connectivity index (χ0) is 20.4. The first-order chi connectivity index (χ1) is 14.0. The quantitative estimate of drug-likeness (QED) is 0.739. The minimum Gasteiger partial charge on any atom is -0.486 e. The first kappa shape index (κ1) is 19.8. The third-order valence-electron chi connectivity index (χ3n) is 5.90. The molecule has 29 heavy (non-hydrogen) atoms. The summed E-state index contributed by atoms with van der Waals surface area (Å²) >= 11 is 0. The van der Waals surface area contributed by atoms with Gasteiger partial charge in [-0.2, -0.15) is 0 Å². The van der Waals surface area contributed by atoms with Crippen molar-refractivity contribution in [1.29, 1.82) is 0 Å². The molecule has 158 valence electrons. The second-order valence-corrected chi connectivity index (χ2v) is 8.24. The van der Waals surface area contributed by atoms with Crippen LogP contribution in [0.3, 0.4) is 0 Å². The molecule has 0 saturated carbocycles. The molecule has 2 saturated heterocycles. The van der Waals surface area contributed by atoms with Crippen LogP contribution in [-0.2, 0) is 4.79 Å². The molecule has 0 bridgehead atoms. The highest BCUT2D eigenvalue weighted by molar-refractivity contribution is 5.85. The van der Waals surface area contributed by atoms with Crippen molar-refractivity contribution < 1.29 is 19.1 Å². The van der Waals surface area contributed by atoms with Gasteiger partial charge in [0, 0.05) is 46.3 Å². The lowest BCUT2D eigenvalue weighted by atomic mass is 10.0. The van der Waals surface area contributed by atoms with Crippen molar-refractivity contribution in [3.05, 3.63) is 24.3 Å². The van der Waals surface area contributed by atoms with E-state index in [1.54, 1.807) is 19.0 Å². The van der Waals surface area contributed by atoms with E-state index in [2.05, 4.69) is 4.90 Å². The lowest BCUT2D eigenvalue weighted by Crippen LogP contribution is -2.52. The number of para-hydroxylation sites is 2. The number of ether oxygens (including phenoxy) is 2. The van der Waals surface area contributed by atoms with Gasteiger partial charge in [0.15, 0.2) is 11.5 Å². The van der Waals surface area contributed by atoms with Gasteiger partial charge in [-0.3, -0.25) is 9.69 Å². The van der Waals surface area contributed by atoms with E-state index in [1.165, 1.54) is 4.90 Å². The third-order valence-corrected chi connectivity index (χ3v) is 5.90. The standard InChI is InChI=1S/C21H30N4O4/c1-22(2)20(26)14-24-10-11-25(21(24)27)16-6-5-9-23(12-16)13-17-15-28-18-7-3-4-8-19(18)29-17/h3-4,7-8,16-17H,5-6,9-15H2,1-2H3. The van der Waals surface area contributed by atoms with Crippen molar-refractivity contribution >= 4 is 11.9 Å². The van der Waals surface area contributed by atoms with Crippen molar-refractivity contribution in [2.75, 3.05) is 60.0 Å². The number of fused-ring (bicyclic) bond motifs is 1. The molecule has 4 rings (SSSR count). The lowest BCUT2D eigenvalue weighted by Gasteiger charge is -2.39. The van der Waals surface area contributed by atoms with Crippen LogP contribution in [-0.4, -0.2) is 104 Å². The number of rotatable bonds is 5. The molecule has 3 aliphatic heterocycles. The average molecular weight is 402 g/mol. The largest absolute Gasteiger partial charge is 0.486 e. The molecule has 1 aromatic rings. The fraction of sp³-hybridized carbons (Fsp3) is 0.619. The Labute approximate surface area is 171 Å². The highest BCUT2D eigenvalue weighted by Crippen LogP contribution is 2.31. The summed E-state index contributed by atoms with van der Waals surface area (Å²) in [6.45, 7) is 4.63. The van der Waals surface area contributed by atoms with Gasteiger partial charge in [0.2, 0.25) is 5.91 Å². The molecule has 0 aromatic heterocycles. The lowest BCUT2D eigenvalue weighted by molar-refractivity contribution is -0.129. The van der Waals surface area contributed by atoms with Crippen LogP contribution in [0.15, 0.2) is 24.3 Å². The van der Waals surface area contributed by atoms with Gasteiger partial charge in [-0.25, -0.2) is 4.79 Å². The van der Waals surface area contributed by atoms with Crippen molar-refractivity contribution in [2.45, 2.75) is 25.0 Å². The van der Waals surface area contributed by atoms with E-state index in [4.69, 9.17) is 9.47 Å². The number of hydrogen-bond donors (Lipinski definition) is 0. The molecule has 0 aliphatic carbocycles. The first-order valence-corrected chi connectivity index (χ1v) is 10.4. The van der Waals surface area contributed by atoms with Crippen LogP contribution in [0.25, 0.3) is 0 Å². The summed E-state index contributed by atoms with van der Waals surface area (Å²) in [6.07, 6.45) is 2.05. The number of nitrogens with zero attached hydrogens (tertiary/aromatic N) is 4. The number of amides is 3. The SMILES string of the molecule is CN(C)C(=O)CN1CCN(C2CCCN(CC3COc4ccccc4O3)C2)C1=O. The minimum atomic E-state index is -0.0415. The van der Waals surface area contributed by atoms with Gasteiger partial charge in [0.1, 0.15) is 19.3 Å². The van der Waals surface area contributed by atoms with Gasteiger partial charge < -0.3 is 24.2 Å². The molecular formula is C21H30N4O4. The maximum Gasteiger partial charge on any atom is 0.320 e. The van der Waals surface area contributed by atoms with E-state index < -0.39 is 0 Å². The van der Waals surface area contributed by atoms with Crippen molar-refractivity contribution in [3.63, 3.8) is 0 Å². The molecule has 2 atom stereocenters. The molecule has 2 fully saturated rings. The number of benzene rings is 1. The number of piperidine rings is 1. The number of likely N-dealkylation sites (tertiary alicyclic amines) is 1. The molecule has 0 spiro atoms. The first-order valence-electron chi connectivity index (χ1n) is 10.4. The molecular weight excluding hydrogens is 372 g/mol. The molecule has 2 unspecified atom stereocenters. The Morgan fingerprint density at radius 1 is 1.17 bits per heavy atom. The normalized spacial score (nSPS) is 24.7. The van der Waals surface area contributed by atoms with Crippen molar-refractivity contribution in [1.82, 2.24) is 19.6 Å². The van der Waals surface area contributed by atoms with Gasteiger partial charge in [-0.15, -0.1) is 0 Å². The average Bonchev–Trinajstić information content (AvgIpc) is 3.08. The summed E-state index contributed by atoms with van der Waals surface area (Å²) in [5.74, 6) is 1.56. The van der Waals surface area contributed by atoms with Gasteiger partial charge in [0.05, 0.1) is 0 Å². The van der Waals surface area contributed by atoms with Crippen molar-refractivity contribution in [2.24, 2.45) is 0 Å². The molecule has 0 radical (unpaired) electrons. The summed E-state index contributed by atoms with van der Waals surface area (Å²) in [5.41, 5.74) is 0. The Morgan fingerprint density at radius 3 is 2.76 bits per heavy atom. The minimum absolute atomic E-state index is 0.00728. The number of carbonyl (C=O) groups is 2. The molecule has 1 aromatic carbocycles. The van der Waals surface area contributed by atoms with Gasteiger partial charge in [-0.05, 0) is 31.5 Å². The molecule has 8 nitrogen and oxygen atoms in total. The van der Waals surface area contributed by atoms with E-state index in [9.17, 15) is 9.59 Å². The predicted molar refractivity (Wildman–Crippen MR) is 108 cm³/mol. The molecule has 8 heteroatoms. The van der Waals surface area contributed by atoms with Gasteiger partial charge >= 0.3 is 6.03 Å². The Morgan fingerprint density at radius 2 is 1.97 bits per heavy atom. The summed E-state index contributed by atoms with van der Waals surface area (Å²) in [6, 6.07) is 7.93. The zero-order valence-corrected chi connectivity index (χ0v) is 17.2. The Kier molecular flexibility index (Phi) is 5.80. The number of likely N-dealkylation sites (N-methyl/N-ethyl adjacent to an activating group) is 1. The Bertz CT molecular complexity index is 756. The van der Waals surface area contributed by atoms with E-state index in [0.29, 0.717) is 19.7 Å². The van der Waals surface area contributed by atoms with Crippen LogP contribution in [0.5, 0.6) is 11.5 Å². The fourth-order valence-corrected chi connectivity index (χ4v) is 4.28. The third kappa shape index (κ3) is 4.42. The number of carbonyl (C=O) groups excluding carboxylic acids is 2. The highest BCUT2D eigenvalue weighted by atomic mass is 16.6. The zero-order valence-electron chi connectivity index (χ0n) is 17.2. The van der Waals surface area contributed by atoms with Crippen molar-refractivity contribution in [3.8, 4) is 11.5 Å². The highest BCUT2D eigenvalue weighted by Gasteiger charge is 2.37. The number of hydrogen-bond acceptors (Lipinski definition) is 5. The summed E-state index contributed by atoms with van der Waals surface area (Å²) in [4.78, 5) is 32.3.